The van der Waals surface area contributed by atoms with E-state index in [9.17, 15) is 10.1 Å². The van der Waals surface area contributed by atoms with Crippen LogP contribution in [0.5, 0.6) is 5.75 Å². The number of methoxy groups -OCH3 is 1. The van der Waals surface area contributed by atoms with E-state index in [0.29, 0.717) is 17.1 Å². The fourth-order valence-corrected chi connectivity index (χ4v) is 2.34. The molecule has 3 rings (SSSR count). The Hall–Kier alpha value is -3.92. The number of hydrogen-bond donors (Lipinski definition) is 0. The SMILES string of the molecule is COc1ccc(/C=C(\C#N)C(=O)OCc2nc(-c3ccc(C)cc3)no2)cc1. The Labute approximate surface area is 161 Å². The Bertz CT molecular complexity index is 1030. The van der Waals surface area contributed by atoms with E-state index < -0.39 is 5.97 Å². The summed E-state index contributed by atoms with van der Waals surface area (Å²) >= 11 is 0. The molecule has 1 heterocycles. The van der Waals surface area contributed by atoms with E-state index in [1.165, 1.54) is 6.08 Å². The number of nitriles is 1. The van der Waals surface area contributed by atoms with Gasteiger partial charge in [0.15, 0.2) is 6.61 Å². The molecule has 0 unspecified atom stereocenters. The smallest absolute Gasteiger partial charge is 0.349 e. The van der Waals surface area contributed by atoms with Gasteiger partial charge >= 0.3 is 5.97 Å². The van der Waals surface area contributed by atoms with E-state index in [0.717, 1.165) is 11.1 Å². The Balaban J connectivity index is 1.64. The van der Waals surface area contributed by atoms with Crippen LogP contribution in [0, 0.1) is 18.3 Å². The Morgan fingerprint density at radius 2 is 1.89 bits per heavy atom. The zero-order valence-electron chi connectivity index (χ0n) is 15.4. The Morgan fingerprint density at radius 1 is 1.18 bits per heavy atom. The van der Waals surface area contributed by atoms with Crippen LogP contribution in [0.15, 0.2) is 58.6 Å². The van der Waals surface area contributed by atoms with Gasteiger partial charge in [0.25, 0.3) is 5.89 Å². The zero-order chi connectivity index (χ0) is 19.9. The molecule has 0 atom stereocenters. The highest BCUT2D eigenvalue weighted by Gasteiger charge is 2.14. The van der Waals surface area contributed by atoms with E-state index in [2.05, 4.69) is 10.1 Å². The van der Waals surface area contributed by atoms with Gasteiger partial charge < -0.3 is 14.0 Å². The third kappa shape index (κ3) is 4.62. The van der Waals surface area contributed by atoms with Crippen molar-refractivity contribution in [3.05, 3.63) is 71.1 Å². The van der Waals surface area contributed by atoms with Gasteiger partial charge in [0.05, 0.1) is 7.11 Å². The molecule has 140 valence electrons. The summed E-state index contributed by atoms with van der Waals surface area (Å²) in [6.45, 7) is 1.76. The number of ether oxygens (including phenoxy) is 2. The fourth-order valence-electron chi connectivity index (χ4n) is 2.34. The molecule has 0 amide bonds. The van der Waals surface area contributed by atoms with Gasteiger partial charge in [-0.2, -0.15) is 10.2 Å². The summed E-state index contributed by atoms with van der Waals surface area (Å²) in [6.07, 6.45) is 1.44. The maximum absolute atomic E-state index is 12.2. The van der Waals surface area contributed by atoms with Gasteiger partial charge in [-0.05, 0) is 30.7 Å². The maximum atomic E-state index is 12.2. The summed E-state index contributed by atoms with van der Waals surface area (Å²) in [7, 11) is 1.56. The van der Waals surface area contributed by atoms with E-state index >= 15 is 0 Å². The van der Waals surface area contributed by atoms with Gasteiger partial charge in [-0.3, -0.25) is 0 Å². The first-order valence-corrected chi connectivity index (χ1v) is 8.41. The minimum absolute atomic E-state index is 0.136. The van der Waals surface area contributed by atoms with Gasteiger partial charge in [0.2, 0.25) is 5.82 Å². The average Bonchev–Trinajstić information content (AvgIpc) is 3.20. The highest BCUT2D eigenvalue weighted by molar-refractivity contribution is 5.97. The minimum Gasteiger partial charge on any atom is -0.497 e. The van der Waals surface area contributed by atoms with Crippen molar-refractivity contribution in [3.63, 3.8) is 0 Å². The molecular formula is C21H17N3O4. The number of esters is 1. The highest BCUT2D eigenvalue weighted by Crippen LogP contribution is 2.17. The minimum atomic E-state index is -0.770. The maximum Gasteiger partial charge on any atom is 0.349 e. The molecular weight excluding hydrogens is 358 g/mol. The van der Waals surface area contributed by atoms with Gasteiger partial charge in [0, 0.05) is 5.56 Å². The van der Waals surface area contributed by atoms with Crippen LogP contribution in [0.2, 0.25) is 0 Å². The summed E-state index contributed by atoms with van der Waals surface area (Å²) in [6, 6.07) is 16.4. The predicted molar refractivity (Wildman–Crippen MR) is 101 cm³/mol. The summed E-state index contributed by atoms with van der Waals surface area (Å²) < 4.78 is 15.3. The van der Waals surface area contributed by atoms with Crippen LogP contribution in [0.1, 0.15) is 17.0 Å². The normalized spacial score (nSPS) is 11.0. The summed E-state index contributed by atoms with van der Waals surface area (Å²) in [5.41, 5.74) is 2.45. The van der Waals surface area contributed by atoms with Crippen molar-refractivity contribution in [1.82, 2.24) is 10.1 Å². The second-order valence-corrected chi connectivity index (χ2v) is 5.90. The molecule has 7 heteroatoms. The van der Waals surface area contributed by atoms with Gasteiger partial charge in [-0.1, -0.05) is 47.1 Å². The lowest BCUT2D eigenvalue weighted by Gasteiger charge is -2.02. The molecule has 7 nitrogen and oxygen atoms in total. The standard InChI is InChI=1S/C21H17N3O4/c1-14-3-7-16(8-4-14)20-23-19(28-24-20)13-27-21(25)17(12-22)11-15-5-9-18(26-2)10-6-15/h3-11H,13H2,1-2H3/b17-11+. The van der Waals surface area contributed by atoms with Crippen molar-refractivity contribution < 1.29 is 18.8 Å². The van der Waals surface area contributed by atoms with Crippen LogP contribution < -0.4 is 4.74 Å². The molecule has 0 saturated heterocycles. The van der Waals surface area contributed by atoms with Crippen LogP contribution in [0.25, 0.3) is 17.5 Å². The molecule has 0 N–H and O–H groups in total. The second kappa shape index (κ2) is 8.64. The molecule has 0 aliphatic carbocycles. The van der Waals surface area contributed by atoms with Gasteiger partial charge in [-0.25, -0.2) is 4.79 Å². The van der Waals surface area contributed by atoms with Crippen LogP contribution in [-0.2, 0) is 16.1 Å². The number of aromatic nitrogens is 2. The van der Waals surface area contributed by atoms with Crippen molar-refractivity contribution in [2.45, 2.75) is 13.5 Å². The number of benzene rings is 2. The highest BCUT2D eigenvalue weighted by atomic mass is 16.6. The molecule has 0 radical (unpaired) electrons. The number of nitrogens with zero attached hydrogens (tertiary/aromatic N) is 3. The lowest BCUT2D eigenvalue weighted by molar-refractivity contribution is -0.140. The molecule has 3 aromatic rings. The number of hydrogen-bond acceptors (Lipinski definition) is 7. The van der Waals surface area contributed by atoms with E-state index in [1.807, 2.05) is 37.3 Å². The van der Waals surface area contributed by atoms with Crippen LogP contribution in [0.4, 0.5) is 0 Å². The molecule has 0 aliphatic heterocycles. The van der Waals surface area contributed by atoms with E-state index in [4.69, 9.17) is 14.0 Å². The van der Waals surface area contributed by atoms with Crippen LogP contribution in [0.3, 0.4) is 0 Å². The number of carbonyl (C=O) groups excluding carboxylic acids is 1. The van der Waals surface area contributed by atoms with Gasteiger partial charge in [0.1, 0.15) is 17.4 Å². The topological polar surface area (TPSA) is 98.2 Å². The Morgan fingerprint density at radius 3 is 2.54 bits per heavy atom. The van der Waals surface area contributed by atoms with Crippen molar-refractivity contribution >= 4 is 12.0 Å². The molecule has 0 saturated carbocycles. The monoisotopic (exact) mass is 375 g/mol. The average molecular weight is 375 g/mol. The van der Waals surface area contributed by atoms with Crippen molar-refractivity contribution in [3.8, 4) is 23.2 Å². The van der Waals surface area contributed by atoms with Crippen LogP contribution in [-0.4, -0.2) is 23.2 Å². The first-order valence-electron chi connectivity index (χ1n) is 8.41. The molecule has 0 aliphatic rings. The van der Waals surface area contributed by atoms with E-state index in [1.54, 1.807) is 31.4 Å². The molecule has 0 spiro atoms. The van der Waals surface area contributed by atoms with Crippen molar-refractivity contribution in [2.75, 3.05) is 7.11 Å². The summed E-state index contributed by atoms with van der Waals surface area (Å²) in [5.74, 6) is 0.457. The van der Waals surface area contributed by atoms with Crippen molar-refractivity contribution in [1.29, 1.82) is 5.26 Å². The Kier molecular flexibility index (Phi) is 5.82. The fraction of sp³-hybridized carbons (Fsp3) is 0.143. The molecule has 0 fully saturated rings. The number of aryl methyl sites for hydroxylation is 1. The first-order chi connectivity index (χ1) is 13.6. The quantitative estimate of drug-likeness (QED) is 0.368. The van der Waals surface area contributed by atoms with Crippen LogP contribution >= 0.6 is 0 Å². The number of carbonyl (C=O) groups is 1. The molecule has 0 bridgehead atoms. The summed E-state index contributed by atoms with van der Waals surface area (Å²) in [5, 5.41) is 13.1. The predicted octanol–water partition coefficient (Wildman–Crippen LogP) is 3.70. The third-order valence-corrected chi connectivity index (χ3v) is 3.87. The largest absolute Gasteiger partial charge is 0.497 e. The zero-order valence-corrected chi connectivity index (χ0v) is 15.4. The molecule has 1 aromatic heterocycles. The van der Waals surface area contributed by atoms with E-state index in [-0.39, 0.29) is 18.1 Å². The van der Waals surface area contributed by atoms with Crippen molar-refractivity contribution in [2.24, 2.45) is 0 Å². The second-order valence-electron chi connectivity index (χ2n) is 5.90. The third-order valence-electron chi connectivity index (χ3n) is 3.87. The number of rotatable bonds is 6. The lowest BCUT2D eigenvalue weighted by Crippen LogP contribution is -2.07. The summed E-state index contributed by atoms with van der Waals surface area (Å²) in [4.78, 5) is 16.4. The first kappa shape index (κ1) is 18.9. The van der Waals surface area contributed by atoms with Gasteiger partial charge in [-0.15, -0.1) is 0 Å². The molecule has 28 heavy (non-hydrogen) atoms. The lowest BCUT2D eigenvalue weighted by atomic mass is 10.1. The molecule has 2 aromatic carbocycles.